The summed E-state index contributed by atoms with van der Waals surface area (Å²) in [5.41, 5.74) is 0.526. The minimum atomic E-state index is -0.399. The Bertz CT molecular complexity index is 906. The molecule has 0 aromatic heterocycles. The molecule has 0 spiro atoms. The number of benzene rings is 3. The van der Waals surface area contributed by atoms with Crippen LogP contribution < -0.4 is 0 Å². The number of rotatable bonds is 6. The maximum Gasteiger partial charge on any atom is 0.316 e. The second-order valence-corrected chi connectivity index (χ2v) is 7.35. The summed E-state index contributed by atoms with van der Waals surface area (Å²) in [7, 11) is 0. The van der Waals surface area contributed by atoms with Crippen molar-refractivity contribution in [3.63, 3.8) is 0 Å². The van der Waals surface area contributed by atoms with Crippen molar-refractivity contribution < 1.29 is 14.3 Å². The summed E-state index contributed by atoms with van der Waals surface area (Å²) >= 11 is 4.72. The smallest absolute Gasteiger partial charge is 0.316 e. The predicted molar refractivity (Wildman–Crippen MR) is 104 cm³/mol. The third kappa shape index (κ3) is 4.94. The van der Waals surface area contributed by atoms with Crippen LogP contribution in [0.2, 0.25) is 0 Å². The van der Waals surface area contributed by atoms with Crippen molar-refractivity contribution in [1.29, 1.82) is 0 Å². The summed E-state index contributed by atoms with van der Waals surface area (Å²) in [5, 5.41) is 2.29. The van der Waals surface area contributed by atoms with Gasteiger partial charge < -0.3 is 4.74 Å². The van der Waals surface area contributed by atoms with Crippen LogP contribution in [0.1, 0.15) is 10.4 Å². The Morgan fingerprint density at radius 2 is 1.64 bits per heavy atom. The van der Waals surface area contributed by atoms with Crippen LogP contribution in [0.5, 0.6) is 0 Å². The Balaban J connectivity index is 1.50. The van der Waals surface area contributed by atoms with Gasteiger partial charge in [-0.1, -0.05) is 58.4 Å². The highest BCUT2D eigenvalue weighted by Gasteiger charge is 2.10. The molecule has 0 aliphatic heterocycles. The third-order valence-electron chi connectivity index (χ3n) is 3.61. The Kier molecular flexibility index (Phi) is 5.89. The molecule has 0 bridgehead atoms. The fraction of sp³-hybridized carbons (Fsp3) is 0.100. The van der Waals surface area contributed by atoms with Crippen LogP contribution >= 0.6 is 27.7 Å². The average Bonchev–Trinajstić information content (AvgIpc) is 2.65. The molecule has 0 fully saturated rings. The molecule has 3 aromatic rings. The number of thioether (sulfide) groups is 1. The quantitative estimate of drug-likeness (QED) is 0.319. The summed E-state index contributed by atoms with van der Waals surface area (Å²) in [4.78, 5) is 24.8. The molecule has 0 heterocycles. The first kappa shape index (κ1) is 17.7. The molecule has 126 valence electrons. The number of carbonyl (C=O) groups is 2. The summed E-state index contributed by atoms with van der Waals surface area (Å²) in [6.45, 7) is -0.237. The maximum absolute atomic E-state index is 12.0. The third-order valence-corrected chi connectivity index (χ3v) is 5.10. The number of Topliss-reactive ketones (excluding diaryl/α,β-unsaturated/α-hetero) is 1. The van der Waals surface area contributed by atoms with Crippen molar-refractivity contribution in [2.45, 2.75) is 4.90 Å². The van der Waals surface area contributed by atoms with Crippen LogP contribution in [0.4, 0.5) is 0 Å². The van der Waals surface area contributed by atoms with E-state index in [4.69, 9.17) is 4.74 Å². The lowest BCUT2D eigenvalue weighted by Gasteiger charge is -2.06. The largest absolute Gasteiger partial charge is 0.457 e. The fourth-order valence-electron chi connectivity index (χ4n) is 2.31. The second kappa shape index (κ2) is 8.32. The highest BCUT2D eigenvalue weighted by molar-refractivity contribution is 9.10. The topological polar surface area (TPSA) is 43.4 Å². The second-order valence-electron chi connectivity index (χ2n) is 5.39. The molecule has 0 aliphatic rings. The maximum atomic E-state index is 12.0. The molecule has 3 rings (SSSR count). The van der Waals surface area contributed by atoms with Crippen LogP contribution in [-0.2, 0) is 9.53 Å². The van der Waals surface area contributed by atoms with Crippen molar-refractivity contribution in [3.05, 3.63) is 76.8 Å². The van der Waals surface area contributed by atoms with Crippen molar-refractivity contribution in [1.82, 2.24) is 0 Å². The van der Waals surface area contributed by atoms with Gasteiger partial charge >= 0.3 is 5.97 Å². The van der Waals surface area contributed by atoms with Crippen LogP contribution in [0.25, 0.3) is 10.8 Å². The van der Waals surface area contributed by atoms with Gasteiger partial charge in [-0.2, -0.15) is 0 Å². The molecule has 0 saturated heterocycles. The summed E-state index contributed by atoms with van der Waals surface area (Å²) < 4.78 is 5.97. The van der Waals surface area contributed by atoms with E-state index in [-0.39, 0.29) is 18.1 Å². The molecule has 0 N–H and O–H groups in total. The van der Waals surface area contributed by atoms with Crippen molar-refractivity contribution in [3.8, 4) is 0 Å². The van der Waals surface area contributed by atoms with Gasteiger partial charge in [0.15, 0.2) is 12.4 Å². The molecule has 25 heavy (non-hydrogen) atoms. The van der Waals surface area contributed by atoms with Crippen molar-refractivity contribution in [2.24, 2.45) is 0 Å². The molecule has 0 amide bonds. The van der Waals surface area contributed by atoms with Gasteiger partial charge in [0.25, 0.3) is 0 Å². The van der Waals surface area contributed by atoms with Crippen LogP contribution in [0, 0.1) is 0 Å². The number of hydrogen-bond acceptors (Lipinski definition) is 4. The van der Waals surface area contributed by atoms with Gasteiger partial charge in [-0.05, 0) is 35.0 Å². The van der Waals surface area contributed by atoms with E-state index in [0.717, 1.165) is 20.1 Å². The number of ether oxygens (including phenoxy) is 1. The summed E-state index contributed by atoms with van der Waals surface area (Å²) in [6.07, 6.45) is 0. The average molecular weight is 415 g/mol. The van der Waals surface area contributed by atoms with Gasteiger partial charge in [0, 0.05) is 14.9 Å². The normalized spacial score (nSPS) is 10.6. The molecule has 5 heteroatoms. The van der Waals surface area contributed by atoms with E-state index in [1.165, 1.54) is 11.8 Å². The summed E-state index contributed by atoms with van der Waals surface area (Å²) in [5.74, 6) is -0.438. The molecule has 3 nitrogen and oxygen atoms in total. The zero-order valence-corrected chi connectivity index (χ0v) is 15.7. The van der Waals surface area contributed by atoms with E-state index in [1.807, 2.05) is 42.5 Å². The number of halogens is 1. The van der Waals surface area contributed by atoms with Gasteiger partial charge in [0.05, 0.1) is 5.75 Å². The van der Waals surface area contributed by atoms with Gasteiger partial charge in [0.1, 0.15) is 0 Å². The van der Waals surface area contributed by atoms with Gasteiger partial charge in [0.2, 0.25) is 0 Å². The van der Waals surface area contributed by atoms with E-state index < -0.39 is 5.97 Å². The minimum absolute atomic E-state index is 0.173. The Morgan fingerprint density at radius 3 is 2.40 bits per heavy atom. The zero-order chi connectivity index (χ0) is 17.6. The fourth-order valence-corrected chi connectivity index (χ4v) is 3.31. The monoisotopic (exact) mass is 414 g/mol. The Morgan fingerprint density at radius 1 is 0.920 bits per heavy atom. The van der Waals surface area contributed by atoms with E-state index in [1.54, 1.807) is 24.3 Å². The predicted octanol–water partition coefficient (Wildman–Crippen LogP) is 5.12. The van der Waals surface area contributed by atoms with Gasteiger partial charge in [-0.15, -0.1) is 11.8 Å². The molecule has 0 unspecified atom stereocenters. The highest BCUT2D eigenvalue weighted by Crippen LogP contribution is 2.23. The molecule has 0 radical (unpaired) electrons. The minimum Gasteiger partial charge on any atom is -0.457 e. The molecular formula is C20H15BrO3S. The van der Waals surface area contributed by atoms with E-state index in [9.17, 15) is 9.59 Å². The standard InChI is InChI=1S/C20H15BrO3S/c21-17-8-5-15(6-9-17)19(22)12-24-20(23)13-25-18-10-7-14-3-1-2-4-16(14)11-18/h1-11H,12-13H2. The van der Waals surface area contributed by atoms with Crippen molar-refractivity contribution >= 4 is 50.2 Å². The number of hydrogen-bond donors (Lipinski definition) is 0. The first-order valence-corrected chi connectivity index (χ1v) is 9.46. The van der Waals surface area contributed by atoms with E-state index in [2.05, 4.69) is 15.9 Å². The summed E-state index contributed by atoms with van der Waals surface area (Å²) in [6, 6.07) is 21.1. The lowest BCUT2D eigenvalue weighted by Crippen LogP contribution is -2.15. The number of fused-ring (bicyclic) bond motifs is 1. The van der Waals surface area contributed by atoms with Crippen LogP contribution in [0.15, 0.2) is 76.1 Å². The molecule has 0 aliphatic carbocycles. The Hall–Kier alpha value is -2.11. The molecule has 3 aromatic carbocycles. The molecular weight excluding hydrogens is 400 g/mol. The van der Waals surface area contributed by atoms with Crippen LogP contribution in [-0.4, -0.2) is 24.1 Å². The number of carbonyl (C=O) groups excluding carboxylic acids is 2. The first-order chi connectivity index (χ1) is 12.1. The van der Waals surface area contributed by atoms with Crippen LogP contribution in [0.3, 0.4) is 0 Å². The lowest BCUT2D eigenvalue weighted by atomic mass is 10.1. The lowest BCUT2D eigenvalue weighted by molar-refractivity contribution is -0.139. The number of esters is 1. The molecule has 0 atom stereocenters. The van der Waals surface area contributed by atoms with E-state index in [0.29, 0.717) is 5.56 Å². The van der Waals surface area contributed by atoms with Gasteiger partial charge in [-0.3, -0.25) is 9.59 Å². The van der Waals surface area contributed by atoms with Crippen molar-refractivity contribution in [2.75, 3.05) is 12.4 Å². The molecule has 0 saturated carbocycles. The Labute approximate surface area is 158 Å². The first-order valence-electron chi connectivity index (χ1n) is 7.68. The SMILES string of the molecule is O=C(CSc1ccc2ccccc2c1)OCC(=O)c1ccc(Br)cc1. The highest BCUT2D eigenvalue weighted by atomic mass is 79.9. The van der Waals surface area contributed by atoms with E-state index >= 15 is 0 Å². The zero-order valence-electron chi connectivity index (χ0n) is 13.3. The number of ketones is 1. The van der Waals surface area contributed by atoms with Gasteiger partial charge in [-0.25, -0.2) is 0 Å².